The second-order valence-corrected chi connectivity index (χ2v) is 15.2. The number of nitrogens with one attached hydrogen (secondary N) is 3. The van der Waals surface area contributed by atoms with Crippen LogP contribution in [0.3, 0.4) is 0 Å². The fraction of sp³-hybridized carbons (Fsp3) is 0.568. The molecule has 4 fully saturated rings. The maximum atomic E-state index is 13.2. The van der Waals surface area contributed by atoms with E-state index in [0.717, 1.165) is 65.1 Å². The maximum absolute atomic E-state index is 13.2. The number of aromatic amines is 3. The third kappa shape index (κ3) is 9.11. The lowest BCUT2D eigenvalue weighted by Crippen LogP contribution is -2.46. The molecule has 338 valence electrons. The van der Waals surface area contributed by atoms with Crippen molar-refractivity contribution in [2.24, 2.45) is 5.16 Å². The number of rotatable bonds is 6. The van der Waals surface area contributed by atoms with Gasteiger partial charge in [0.1, 0.15) is 30.5 Å². The molecule has 26 nitrogen and oxygen atoms in total. The lowest BCUT2D eigenvalue weighted by atomic mass is 10.0. The Hall–Kier alpha value is -6.32. The minimum Gasteiger partial charge on any atom is -0.455 e. The van der Waals surface area contributed by atoms with Crippen LogP contribution in [0.2, 0.25) is 0 Å². The van der Waals surface area contributed by atoms with Gasteiger partial charge in [-0.05, 0) is 0 Å². The molecule has 5 aliphatic rings. The third-order valence-corrected chi connectivity index (χ3v) is 10.8. The summed E-state index contributed by atoms with van der Waals surface area (Å²) in [6.07, 6.45) is -12.6. The van der Waals surface area contributed by atoms with E-state index in [4.69, 9.17) is 47.5 Å². The molecular formula is C37H41N7O19. The molecule has 0 aliphatic carbocycles. The van der Waals surface area contributed by atoms with Gasteiger partial charge in [-0.15, -0.1) is 0 Å². The summed E-state index contributed by atoms with van der Waals surface area (Å²) in [5, 5.41) is 4.23. The van der Waals surface area contributed by atoms with Crippen molar-refractivity contribution in [2.75, 3.05) is 19.8 Å². The number of carbonyl (C=O) groups is 3. The molecular weight excluding hydrogens is 846 g/mol. The van der Waals surface area contributed by atoms with Gasteiger partial charge in [0.05, 0.1) is 31.6 Å². The van der Waals surface area contributed by atoms with Gasteiger partial charge in [-0.1, -0.05) is 5.16 Å². The van der Waals surface area contributed by atoms with Crippen LogP contribution in [0.15, 0.2) is 70.7 Å². The van der Waals surface area contributed by atoms with Crippen molar-refractivity contribution in [1.82, 2.24) is 28.7 Å². The van der Waals surface area contributed by atoms with Crippen LogP contribution in [0, 0.1) is 0 Å². The molecule has 63 heavy (non-hydrogen) atoms. The number of hydrogen-bond donors (Lipinski definition) is 3. The lowest BCUT2D eigenvalue weighted by molar-refractivity contribution is -0.163. The van der Waals surface area contributed by atoms with Crippen molar-refractivity contribution in [3.63, 3.8) is 0 Å². The summed E-state index contributed by atoms with van der Waals surface area (Å²) in [7, 11) is 0. The molecule has 4 saturated heterocycles. The first-order valence-corrected chi connectivity index (χ1v) is 19.6. The Morgan fingerprint density at radius 3 is 1.30 bits per heavy atom. The number of carbonyl (C=O) groups excluding carboxylic acids is 3. The molecule has 3 aromatic rings. The first-order chi connectivity index (χ1) is 30.1. The van der Waals surface area contributed by atoms with Crippen LogP contribution in [-0.2, 0) is 61.9 Å². The van der Waals surface area contributed by atoms with Gasteiger partial charge in [0.25, 0.3) is 16.7 Å². The van der Waals surface area contributed by atoms with E-state index in [1.54, 1.807) is 0 Å². The van der Waals surface area contributed by atoms with Crippen molar-refractivity contribution < 1.29 is 61.9 Å². The number of oxime groups is 1. The first-order valence-electron chi connectivity index (χ1n) is 19.6. The second-order valence-electron chi connectivity index (χ2n) is 15.2. The quantitative estimate of drug-likeness (QED) is 0.162. The van der Waals surface area contributed by atoms with E-state index in [9.17, 15) is 43.2 Å². The van der Waals surface area contributed by atoms with Crippen molar-refractivity contribution in [3.8, 4) is 0 Å². The smallest absolute Gasteiger partial charge is 0.330 e. The van der Waals surface area contributed by atoms with Crippen LogP contribution in [0.25, 0.3) is 0 Å². The molecule has 3 N–H and O–H groups in total. The fourth-order valence-electron chi connectivity index (χ4n) is 8.23. The minimum atomic E-state index is -1.45. The van der Waals surface area contributed by atoms with Gasteiger partial charge in [-0.2, -0.15) is 0 Å². The van der Waals surface area contributed by atoms with Gasteiger partial charge in [0, 0.05) is 70.4 Å². The van der Waals surface area contributed by atoms with E-state index in [0.29, 0.717) is 5.71 Å². The molecule has 0 radical (unpaired) electrons. The fourth-order valence-corrected chi connectivity index (χ4v) is 8.23. The predicted molar refractivity (Wildman–Crippen MR) is 203 cm³/mol. The highest BCUT2D eigenvalue weighted by Crippen LogP contribution is 2.40. The van der Waals surface area contributed by atoms with Crippen molar-refractivity contribution in [3.05, 3.63) is 99.3 Å². The minimum absolute atomic E-state index is 0.0209. The van der Waals surface area contributed by atoms with Crippen LogP contribution < -0.4 is 33.7 Å². The van der Waals surface area contributed by atoms with E-state index in [1.165, 1.54) is 6.20 Å². The van der Waals surface area contributed by atoms with Gasteiger partial charge in [-0.25, -0.2) is 14.4 Å². The maximum Gasteiger partial charge on any atom is 0.330 e. The molecule has 8 heterocycles. The van der Waals surface area contributed by atoms with E-state index in [1.807, 2.05) is 0 Å². The van der Waals surface area contributed by atoms with Crippen LogP contribution >= 0.6 is 0 Å². The summed E-state index contributed by atoms with van der Waals surface area (Å²) in [6.45, 7) is 2.27. The number of nitrogens with zero attached hydrogens (tertiary/aromatic N) is 4. The Morgan fingerprint density at radius 1 is 0.556 bits per heavy atom. The summed E-state index contributed by atoms with van der Waals surface area (Å²) in [5.74, 6) is -2.36. The Labute approximate surface area is 351 Å². The highest BCUT2D eigenvalue weighted by molar-refractivity contribution is 5.86. The average molecular weight is 888 g/mol. The molecule has 8 rings (SSSR count). The summed E-state index contributed by atoms with van der Waals surface area (Å²) in [5.41, 5.74) is -4.38. The summed E-state index contributed by atoms with van der Waals surface area (Å²) in [4.78, 5) is 125. The summed E-state index contributed by atoms with van der Waals surface area (Å²) >= 11 is 0. The zero-order valence-electron chi connectivity index (χ0n) is 33.6. The average Bonchev–Trinajstić information content (AvgIpc) is 3.96. The topological polar surface area (TPSA) is 320 Å². The summed E-state index contributed by atoms with van der Waals surface area (Å²) < 4.78 is 58.5. The van der Waals surface area contributed by atoms with Crippen LogP contribution in [-0.4, -0.2) is 133 Å². The number of ether oxygens (including phenoxy) is 9. The molecule has 26 heteroatoms. The van der Waals surface area contributed by atoms with Crippen molar-refractivity contribution in [1.29, 1.82) is 0 Å². The van der Waals surface area contributed by atoms with Gasteiger partial charge in [-0.3, -0.25) is 57.4 Å². The number of esters is 3. The molecule has 13 atom stereocenters. The highest BCUT2D eigenvalue weighted by atomic mass is 16.7. The number of aromatic nitrogens is 6. The predicted octanol–water partition coefficient (Wildman–Crippen LogP) is -3.17. The van der Waals surface area contributed by atoms with Gasteiger partial charge in [0.15, 0.2) is 43.1 Å². The van der Waals surface area contributed by atoms with E-state index in [2.05, 4.69) is 20.1 Å². The van der Waals surface area contributed by atoms with Crippen LogP contribution in [0.4, 0.5) is 0 Å². The second kappa shape index (κ2) is 17.8. The molecule has 0 aromatic carbocycles. The lowest BCUT2D eigenvalue weighted by Gasteiger charge is -2.29. The largest absolute Gasteiger partial charge is 0.455 e. The van der Waals surface area contributed by atoms with Gasteiger partial charge < -0.3 is 47.5 Å². The Bertz CT molecular complexity index is 2630. The normalized spacial score (nSPS) is 32.9. The van der Waals surface area contributed by atoms with Crippen LogP contribution in [0.5, 0.6) is 0 Å². The van der Waals surface area contributed by atoms with Gasteiger partial charge >= 0.3 is 35.0 Å². The van der Waals surface area contributed by atoms with Crippen molar-refractivity contribution in [2.45, 2.75) is 113 Å². The standard InChI is InChI=1S/C37H41N7O19/c1-15(45)57-29-26-20(60-32(29)42-7-4-23(48)38-35(42)51)11-18-10-19(63-41-18)12-54-27-21(61-33(30(27)58-16(2)46)43-8-5-24(49)39-36(43)52)14-56-28-22(13-55-26)62-34(31(28)59-17(3)47)44-9-6-25(50)40-37(44)53/h4-9,19-22,26-34H,10-14H2,1-3H3,(H,38,48,51)(H,39,49,52)(H,40,50,53)/t19-,20+,21+,22+,26-,27-,28-,29+,30+,31+,32+,33+,34+/m0/s1. The molecule has 2 bridgehead atoms. The highest BCUT2D eigenvalue weighted by Gasteiger charge is 2.55. The molecule has 5 aliphatic heterocycles. The zero-order valence-corrected chi connectivity index (χ0v) is 33.6. The SMILES string of the molecule is CC(=O)O[C@@H]1[C@H]2OC[C@@H]3CC(=NO3)C[C@H]3O[C@@H](n4ccc(=O)[nH]c4=O)[C@H](OC(C)=O)[C@H]3OC[C@H]3O[C@@H](n4ccc(=O)[nH]c4=O)[C@H](OC(C)=O)[C@H]3OC[C@H]2O[C@H]1n1ccc(=O)[nH]c1=O. The molecule has 0 saturated carbocycles. The third-order valence-electron chi connectivity index (χ3n) is 10.8. The van der Waals surface area contributed by atoms with Crippen molar-refractivity contribution >= 4 is 23.6 Å². The summed E-state index contributed by atoms with van der Waals surface area (Å²) in [6, 6.07) is 3.19. The van der Waals surface area contributed by atoms with Crippen LogP contribution in [0.1, 0.15) is 52.3 Å². The number of H-pyrrole nitrogens is 3. The number of fused-ring (bicyclic) bond motifs is 5. The first kappa shape index (κ1) is 43.3. The number of hydrogen-bond acceptors (Lipinski definition) is 20. The molecule has 3 aromatic heterocycles. The van der Waals surface area contributed by atoms with E-state index in [-0.39, 0.29) is 19.4 Å². The molecule has 0 amide bonds. The van der Waals surface area contributed by atoms with Gasteiger partial charge in [0.2, 0.25) is 0 Å². The Balaban J connectivity index is 1.19. The Morgan fingerprint density at radius 2 is 0.921 bits per heavy atom. The molecule has 0 spiro atoms. The Kier molecular flexibility index (Phi) is 12.3. The zero-order chi connectivity index (χ0) is 44.7. The van der Waals surface area contributed by atoms with E-state index < -0.39 is 145 Å². The monoisotopic (exact) mass is 887 g/mol. The molecule has 0 unspecified atom stereocenters. The van der Waals surface area contributed by atoms with E-state index >= 15 is 0 Å².